The minimum Gasteiger partial charge on any atom is -0.497 e. The van der Waals surface area contributed by atoms with Crippen LogP contribution in [0.25, 0.3) is 17.4 Å². The number of allylic oxidation sites excluding steroid dienone is 2. The van der Waals surface area contributed by atoms with Gasteiger partial charge in [-0.2, -0.15) is 0 Å². The molecule has 0 unspecified atom stereocenters. The molecule has 1 aliphatic rings. The van der Waals surface area contributed by atoms with E-state index in [1.807, 2.05) is 35.9 Å². The van der Waals surface area contributed by atoms with E-state index >= 15 is 0 Å². The largest absolute Gasteiger partial charge is 0.497 e. The molecule has 2 aromatic carbocycles. The number of carbonyl (C=O) groups excluding carboxylic acids is 2. The van der Waals surface area contributed by atoms with Gasteiger partial charge in [0.2, 0.25) is 5.91 Å². The third-order valence-corrected chi connectivity index (χ3v) is 6.24. The Hall–Kier alpha value is -3.39. The van der Waals surface area contributed by atoms with Crippen molar-refractivity contribution in [1.29, 1.82) is 0 Å². The van der Waals surface area contributed by atoms with Crippen molar-refractivity contribution >= 4 is 39.3 Å². The van der Waals surface area contributed by atoms with E-state index in [9.17, 15) is 18.0 Å². The first-order valence-electron chi connectivity index (χ1n) is 9.62. The molecule has 1 amide bonds. The summed E-state index contributed by atoms with van der Waals surface area (Å²) in [5, 5.41) is 0. The Kier molecular flexibility index (Phi) is 6.31. The lowest BCUT2D eigenvalue weighted by Gasteiger charge is -2.08. The molecule has 0 bridgehead atoms. The second kappa shape index (κ2) is 8.77. The van der Waals surface area contributed by atoms with Gasteiger partial charge in [-0.3, -0.25) is 9.59 Å². The molecule has 8 heteroatoms. The van der Waals surface area contributed by atoms with Gasteiger partial charge in [-0.1, -0.05) is 19.1 Å². The summed E-state index contributed by atoms with van der Waals surface area (Å²) in [5.74, 6) is 0.137. The highest BCUT2D eigenvalue weighted by molar-refractivity contribution is 7.90. The van der Waals surface area contributed by atoms with Crippen molar-refractivity contribution < 1.29 is 27.5 Å². The predicted molar refractivity (Wildman–Crippen MR) is 117 cm³/mol. The summed E-state index contributed by atoms with van der Waals surface area (Å²) < 4.78 is 37.1. The molecule has 0 atom stereocenters. The van der Waals surface area contributed by atoms with E-state index in [2.05, 4.69) is 0 Å². The van der Waals surface area contributed by atoms with Crippen LogP contribution < -0.4 is 9.46 Å². The molecule has 3 rings (SSSR count). The minimum absolute atomic E-state index is 0.00811. The fraction of sp³-hybridized carbons (Fsp3) is 0.217. The molecule has 2 aromatic rings. The summed E-state index contributed by atoms with van der Waals surface area (Å²) in [5.41, 5.74) is 4.04. The van der Waals surface area contributed by atoms with Crippen LogP contribution in [-0.2, 0) is 24.3 Å². The summed E-state index contributed by atoms with van der Waals surface area (Å²) >= 11 is 0. The van der Waals surface area contributed by atoms with Crippen molar-refractivity contribution in [3.8, 4) is 5.75 Å². The first kappa shape index (κ1) is 22.3. The Labute approximate surface area is 181 Å². The molecule has 1 aliphatic carbocycles. The van der Waals surface area contributed by atoms with Crippen LogP contribution in [0.3, 0.4) is 0 Å². The lowest BCUT2D eigenvalue weighted by molar-refractivity contribution is -0.136. The maximum Gasteiger partial charge on any atom is 0.310 e. The first-order chi connectivity index (χ1) is 14.7. The first-order valence-corrected chi connectivity index (χ1v) is 11.1. The van der Waals surface area contributed by atoms with Gasteiger partial charge in [0.25, 0.3) is 10.0 Å². The topological polar surface area (TPSA) is 98.8 Å². The Morgan fingerprint density at radius 2 is 1.74 bits per heavy atom. The maximum atomic E-state index is 12.1. The van der Waals surface area contributed by atoms with Crippen LogP contribution in [0.2, 0.25) is 0 Å². The van der Waals surface area contributed by atoms with E-state index in [4.69, 9.17) is 9.47 Å². The molecular weight excluding hydrogens is 418 g/mol. The number of amides is 1. The van der Waals surface area contributed by atoms with Crippen LogP contribution >= 0.6 is 0 Å². The molecule has 0 radical (unpaired) electrons. The molecule has 7 nitrogen and oxygen atoms in total. The number of carbonyl (C=O) groups is 2. The average Bonchev–Trinajstić information content (AvgIpc) is 2.98. The van der Waals surface area contributed by atoms with E-state index in [-0.39, 0.29) is 17.3 Å². The fourth-order valence-electron chi connectivity index (χ4n) is 3.26. The molecule has 0 aliphatic heterocycles. The third-order valence-electron chi connectivity index (χ3n) is 4.79. The number of ether oxygens (including phenoxy) is 2. The molecule has 31 heavy (non-hydrogen) atoms. The molecule has 0 fully saturated rings. The van der Waals surface area contributed by atoms with Gasteiger partial charge in [-0.25, -0.2) is 13.1 Å². The highest BCUT2D eigenvalue weighted by Crippen LogP contribution is 2.44. The van der Waals surface area contributed by atoms with Gasteiger partial charge in [0.1, 0.15) is 11.5 Å². The number of benzene rings is 2. The van der Waals surface area contributed by atoms with Gasteiger partial charge in [-0.05, 0) is 60.0 Å². The lowest BCUT2D eigenvalue weighted by Crippen LogP contribution is -2.28. The molecule has 0 aromatic heterocycles. The van der Waals surface area contributed by atoms with E-state index in [1.165, 1.54) is 12.1 Å². The Morgan fingerprint density at radius 1 is 1.06 bits per heavy atom. The van der Waals surface area contributed by atoms with Gasteiger partial charge in [0, 0.05) is 24.5 Å². The normalized spacial score (nSPS) is 14.4. The Balaban J connectivity index is 2.04. The average molecular weight is 442 g/mol. The number of esters is 1. The second-order valence-corrected chi connectivity index (χ2v) is 8.66. The molecule has 0 saturated heterocycles. The van der Waals surface area contributed by atoms with E-state index < -0.39 is 15.9 Å². The van der Waals surface area contributed by atoms with Crippen molar-refractivity contribution in [2.75, 3.05) is 7.11 Å². The van der Waals surface area contributed by atoms with Gasteiger partial charge in [0.15, 0.2) is 0 Å². The minimum atomic E-state index is -3.90. The fourth-order valence-corrected chi connectivity index (χ4v) is 4.25. The van der Waals surface area contributed by atoms with Crippen LogP contribution in [0.15, 0.2) is 52.9 Å². The molecule has 162 valence electrons. The Morgan fingerprint density at radius 3 is 2.32 bits per heavy atom. The summed E-state index contributed by atoms with van der Waals surface area (Å²) in [6, 6.07) is 11.7. The van der Waals surface area contributed by atoms with Crippen molar-refractivity contribution in [3.05, 3.63) is 64.7 Å². The van der Waals surface area contributed by atoms with Crippen molar-refractivity contribution in [3.63, 3.8) is 0 Å². The molecular formula is C23H23NO6S. The molecule has 0 heterocycles. The lowest BCUT2D eigenvalue weighted by atomic mass is 10.0. The van der Waals surface area contributed by atoms with Crippen LogP contribution in [0.4, 0.5) is 0 Å². The third kappa shape index (κ3) is 4.69. The summed E-state index contributed by atoms with van der Waals surface area (Å²) in [7, 11) is -2.33. The summed E-state index contributed by atoms with van der Waals surface area (Å²) in [4.78, 5) is 23.1. The van der Waals surface area contributed by atoms with Gasteiger partial charge in [0.05, 0.1) is 12.0 Å². The van der Waals surface area contributed by atoms with Crippen LogP contribution in [0.5, 0.6) is 5.75 Å². The summed E-state index contributed by atoms with van der Waals surface area (Å²) in [6.07, 6.45) is 2.14. The van der Waals surface area contributed by atoms with Gasteiger partial charge < -0.3 is 9.47 Å². The van der Waals surface area contributed by atoms with Gasteiger partial charge >= 0.3 is 5.97 Å². The highest BCUT2D eigenvalue weighted by Gasteiger charge is 2.27. The Bertz CT molecular complexity index is 1210. The zero-order valence-electron chi connectivity index (χ0n) is 17.7. The van der Waals surface area contributed by atoms with Crippen molar-refractivity contribution in [2.45, 2.75) is 32.1 Å². The smallest absolute Gasteiger partial charge is 0.310 e. The van der Waals surface area contributed by atoms with E-state index in [1.54, 1.807) is 26.2 Å². The second-order valence-electron chi connectivity index (χ2n) is 6.98. The van der Waals surface area contributed by atoms with Crippen LogP contribution in [0, 0.1) is 0 Å². The number of methoxy groups -OCH3 is 1. The molecule has 0 spiro atoms. The number of hydrogen-bond donors (Lipinski definition) is 1. The molecule has 0 saturated carbocycles. The number of hydrogen-bond acceptors (Lipinski definition) is 6. The zero-order valence-corrected chi connectivity index (χ0v) is 18.5. The van der Waals surface area contributed by atoms with Crippen LogP contribution in [0.1, 0.15) is 43.9 Å². The van der Waals surface area contributed by atoms with E-state index in [0.717, 1.165) is 34.8 Å². The SMILES string of the molecule is CCC(=O)OC1=C(C)C(=Cc2ccc(S(=O)(=O)NC(C)=O)cc2)c2ccc(OC)cc21. The van der Waals surface area contributed by atoms with Crippen molar-refractivity contribution in [2.24, 2.45) is 0 Å². The van der Waals surface area contributed by atoms with E-state index in [0.29, 0.717) is 11.5 Å². The summed E-state index contributed by atoms with van der Waals surface area (Å²) in [6.45, 7) is 4.74. The van der Waals surface area contributed by atoms with Crippen molar-refractivity contribution in [1.82, 2.24) is 4.72 Å². The quantitative estimate of drug-likeness (QED) is 0.686. The highest BCUT2D eigenvalue weighted by atomic mass is 32.2. The standard InChI is InChI=1S/C23H23NO6S/c1-5-22(26)30-23-14(2)20(19-11-8-17(29-4)13-21(19)23)12-16-6-9-18(10-7-16)31(27,28)24-15(3)25/h6-13H,5H2,1-4H3,(H,24,25). The number of nitrogens with one attached hydrogen (secondary N) is 1. The van der Waals surface area contributed by atoms with Gasteiger partial charge in [-0.15, -0.1) is 0 Å². The number of sulfonamides is 1. The number of fused-ring (bicyclic) bond motifs is 1. The van der Waals surface area contributed by atoms with Crippen LogP contribution in [-0.4, -0.2) is 27.4 Å². The monoisotopic (exact) mass is 441 g/mol. The maximum absolute atomic E-state index is 12.1. The molecule has 1 N–H and O–H groups in total. The zero-order chi connectivity index (χ0) is 22.8. The predicted octanol–water partition coefficient (Wildman–Crippen LogP) is 3.76. The number of rotatable bonds is 6.